The maximum atomic E-state index is 12.4. The van der Waals surface area contributed by atoms with Crippen LogP contribution in [-0.2, 0) is 0 Å². The predicted molar refractivity (Wildman–Crippen MR) is 56.1 cm³/mol. The number of hydrogen-bond donors (Lipinski definition) is 1. The highest BCUT2D eigenvalue weighted by Crippen LogP contribution is 2.22. The van der Waals surface area contributed by atoms with Crippen molar-refractivity contribution in [1.29, 1.82) is 0 Å². The average molecular weight is 261 g/mol. The molecule has 0 aromatic carbocycles. The van der Waals surface area contributed by atoms with Crippen molar-refractivity contribution in [2.24, 2.45) is 0 Å². The van der Waals surface area contributed by atoms with Gasteiger partial charge in [0.1, 0.15) is 12.9 Å². The second-order valence-corrected chi connectivity index (χ2v) is 3.57. The number of aromatic nitrogens is 4. The van der Waals surface area contributed by atoms with Crippen LogP contribution in [0.25, 0.3) is 5.65 Å². The molecular weight excluding hydrogens is 251 g/mol. The molecular formula is C9H10F3N5O. The van der Waals surface area contributed by atoms with Crippen molar-refractivity contribution in [1.82, 2.24) is 19.6 Å². The van der Waals surface area contributed by atoms with E-state index in [0.717, 1.165) is 4.90 Å². The fourth-order valence-corrected chi connectivity index (χ4v) is 1.57. The number of aliphatic hydroxyl groups is 1. The zero-order chi connectivity index (χ0) is 13.2. The quantitative estimate of drug-likeness (QED) is 0.867. The van der Waals surface area contributed by atoms with Gasteiger partial charge in [-0.15, -0.1) is 10.2 Å². The molecule has 9 heteroatoms. The highest BCUT2D eigenvalue weighted by Gasteiger charge is 2.32. The van der Waals surface area contributed by atoms with Crippen LogP contribution in [0.4, 0.5) is 19.0 Å². The Balaban J connectivity index is 2.38. The Morgan fingerprint density at radius 3 is 2.83 bits per heavy atom. The molecule has 0 aliphatic rings. The Kier molecular flexibility index (Phi) is 3.32. The Bertz CT molecular complexity index is 526. The van der Waals surface area contributed by atoms with E-state index in [1.807, 2.05) is 0 Å². The second-order valence-electron chi connectivity index (χ2n) is 3.57. The van der Waals surface area contributed by atoms with Crippen LogP contribution in [0, 0.1) is 0 Å². The van der Waals surface area contributed by atoms with Crippen LogP contribution < -0.4 is 4.90 Å². The summed E-state index contributed by atoms with van der Waals surface area (Å²) in [5.41, 5.74) is 0.218. The molecule has 1 N–H and O–H groups in total. The van der Waals surface area contributed by atoms with Crippen LogP contribution in [0.3, 0.4) is 0 Å². The summed E-state index contributed by atoms with van der Waals surface area (Å²) in [6, 6.07) is 0. The lowest BCUT2D eigenvalue weighted by molar-refractivity contribution is -0.119. The van der Waals surface area contributed by atoms with Crippen LogP contribution in [0.5, 0.6) is 0 Å². The van der Waals surface area contributed by atoms with Crippen molar-refractivity contribution < 1.29 is 18.3 Å². The number of rotatable bonds is 4. The minimum atomic E-state index is -4.39. The smallest absolute Gasteiger partial charge is 0.395 e. The molecule has 2 aromatic rings. The van der Waals surface area contributed by atoms with E-state index in [9.17, 15) is 13.2 Å². The summed E-state index contributed by atoms with van der Waals surface area (Å²) >= 11 is 0. The van der Waals surface area contributed by atoms with Crippen LogP contribution >= 0.6 is 0 Å². The van der Waals surface area contributed by atoms with Gasteiger partial charge in [-0.05, 0) is 0 Å². The fourth-order valence-electron chi connectivity index (χ4n) is 1.57. The van der Waals surface area contributed by atoms with E-state index < -0.39 is 19.3 Å². The maximum absolute atomic E-state index is 12.4. The van der Waals surface area contributed by atoms with E-state index in [0.29, 0.717) is 0 Å². The van der Waals surface area contributed by atoms with Crippen molar-refractivity contribution in [2.75, 3.05) is 24.6 Å². The summed E-state index contributed by atoms with van der Waals surface area (Å²) in [5, 5.41) is 16.2. The van der Waals surface area contributed by atoms with E-state index in [1.165, 1.54) is 23.1 Å². The Morgan fingerprint density at radius 1 is 1.39 bits per heavy atom. The van der Waals surface area contributed by atoms with Gasteiger partial charge >= 0.3 is 6.18 Å². The van der Waals surface area contributed by atoms with Crippen molar-refractivity contribution in [3.63, 3.8) is 0 Å². The fraction of sp³-hybridized carbons (Fsp3) is 0.444. The lowest BCUT2D eigenvalue weighted by atomic mass is 10.4. The number of aliphatic hydroxyl groups excluding tert-OH is 1. The molecule has 0 amide bonds. The summed E-state index contributed by atoms with van der Waals surface area (Å²) in [4.78, 5) is 4.79. The zero-order valence-electron chi connectivity index (χ0n) is 9.17. The molecule has 0 atom stereocenters. The van der Waals surface area contributed by atoms with E-state index in [4.69, 9.17) is 5.11 Å². The van der Waals surface area contributed by atoms with Crippen molar-refractivity contribution in [3.05, 3.63) is 18.7 Å². The summed E-state index contributed by atoms with van der Waals surface area (Å²) in [6.45, 7) is -1.79. The standard InChI is InChI=1S/C9H10F3N5O/c10-9(11,12)5-16(3-4-18)7-8-15-14-6-17(8)2-1-13-7/h1-2,6,18H,3-5H2. The van der Waals surface area contributed by atoms with Gasteiger partial charge in [-0.1, -0.05) is 0 Å². The summed E-state index contributed by atoms with van der Waals surface area (Å²) < 4.78 is 38.8. The van der Waals surface area contributed by atoms with Crippen molar-refractivity contribution >= 4 is 11.5 Å². The monoisotopic (exact) mass is 261 g/mol. The summed E-state index contributed by atoms with van der Waals surface area (Å²) in [6.07, 6.45) is -0.134. The first-order valence-electron chi connectivity index (χ1n) is 5.08. The summed E-state index contributed by atoms with van der Waals surface area (Å²) in [7, 11) is 0. The minimum absolute atomic E-state index is 0.0429. The van der Waals surface area contributed by atoms with Gasteiger partial charge in [0.05, 0.1) is 6.61 Å². The molecule has 2 heterocycles. The average Bonchev–Trinajstić information content (AvgIpc) is 2.74. The SMILES string of the molecule is OCCN(CC(F)(F)F)c1nccn2cnnc12. The van der Waals surface area contributed by atoms with Gasteiger partial charge < -0.3 is 10.0 Å². The molecule has 2 aromatic heterocycles. The van der Waals surface area contributed by atoms with Gasteiger partial charge in [-0.3, -0.25) is 4.40 Å². The number of halogens is 3. The van der Waals surface area contributed by atoms with Crippen LogP contribution in [0.15, 0.2) is 18.7 Å². The molecule has 0 saturated heterocycles. The van der Waals surface area contributed by atoms with Gasteiger partial charge in [0, 0.05) is 18.9 Å². The van der Waals surface area contributed by atoms with Crippen molar-refractivity contribution in [3.8, 4) is 0 Å². The van der Waals surface area contributed by atoms with Gasteiger partial charge in [0.2, 0.25) is 5.65 Å². The predicted octanol–water partition coefficient (Wildman–Crippen LogP) is 0.485. The highest BCUT2D eigenvalue weighted by atomic mass is 19.4. The number of nitrogens with zero attached hydrogens (tertiary/aromatic N) is 5. The summed E-state index contributed by atoms with van der Waals surface area (Å²) in [5.74, 6) is 0.0429. The lowest BCUT2D eigenvalue weighted by Crippen LogP contribution is -2.37. The molecule has 0 unspecified atom stereocenters. The lowest BCUT2D eigenvalue weighted by Gasteiger charge is -2.23. The number of anilines is 1. The van der Waals surface area contributed by atoms with E-state index in [1.54, 1.807) is 0 Å². The Morgan fingerprint density at radius 2 is 2.17 bits per heavy atom. The van der Waals surface area contributed by atoms with E-state index in [2.05, 4.69) is 15.2 Å². The maximum Gasteiger partial charge on any atom is 0.405 e. The molecule has 0 aliphatic heterocycles. The largest absolute Gasteiger partial charge is 0.405 e. The molecule has 0 aliphatic carbocycles. The third-order valence-corrected chi connectivity index (χ3v) is 2.24. The first kappa shape index (κ1) is 12.6. The topological polar surface area (TPSA) is 66.5 Å². The molecule has 6 nitrogen and oxygen atoms in total. The molecule has 0 saturated carbocycles. The first-order valence-corrected chi connectivity index (χ1v) is 5.08. The van der Waals surface area contributed by atoms with E-state index >= 15 is 0 Å². The van der Waals surface area contributed by atoms with Crippen LogP contribution in [0.1, 0.15) is 0 Å². The number of hydrogen-bond acceptors (Lipinski definition) is 5. The normalized spacial score (nSPS) is 12.0. The number of alkyl halides is 3. The van der Waals surface area contributed by atoms with Crippen molar-refractivity contribution in [2.45, 2.75) is 6.18 Å². The van der Waals surface area contributed by atoms with Gasteiger partial charge in [0.15, 0.2) is 5.82 Å². The molecule has 0 fully saturated rings. The minimum Gasteiger partial charge on any atom is -0.395 e. The Labute approximate surface area is 99.7 Å². The van der Waals surface area contributed by atoms with Gasteiger partial charge in [0.25, 0.3) is 0 Å². The molecule has 18 heavy (non-hydrogen) atoms. The van der Waals surface area contributed by atoms with Gasteiger partial charge in [-0.25, -0.2) is 4.98 Å². The zero-order valence-corrected chi connectivity index (χ0v) is 9.17. The second kappa shape index (κ2) is 4.77. The van der Waals surface area contributed by atoms with Gasteiger partial charge in [-0.2, -0.15) is 13.2 Å². The highest BCUT2D eigenvalue weighted by molar-refractivity contribution is 5.63. The third-order valence-electron chi connectivity index (χ3n) is 2.24. The van der Waals surface area contributed by atoms with Crippen LogP contribution in [-0.4, -0.2) is 50.6 Å². The Hall–Kier alpha value is -1.90. The number of fused-ring (bicyclic) bond motifs is 1. The molecule has 98 valence electrons. The first-order chi connectivity index (χ1) is 8.51. The van der Waals surface area contributed by atoms with Crippen LogP contribution in [0.2, 0.25) is 0 Å². The van der Waals surface area contributed by atoms with E-state index in [-0.39, 0.29) is 18.0 Å². The molecule has 0 spiro atoms. The molecule has 0 bridgehead atoms. The molecule has 2 rings (SSSR count). The third kappa shape index (κ3) is 2.67. The molecule has 0 radical (unpaired) electrons.